The van der Waals surface area contributed by atoms with Crippen molar-refractivity contribution in [2.75, 3.05) is 26.7 Å². The minimum atomic E-state index is 0. The van der Waals surface area contributed by atoms with Crippen molar-refractivity contribution in [1.29, 1.82) is 0 Å². The number of carbonyl (C=O) groups is 1. The second-order valence-corrected chi connectivity index (χ2v) is 6.32. The molecule has 1 atom stereocenters. The second-order valence-electron chi connectivity index (χ2n) is 6.32. The number of likely N-dealkylation sites (tertiary alicyclic amines) is 1. The second kappa shape index (κ2) is 9.60. The first kappa shape index (κ1) is 18.7. The van der Waals surface area contributed by atoms with Gasteiger partial charge >= 0.3 is 0 Å². The van der Waals surface area contributed by atoms with E-state index in [1.807, 2.05) is 7.05 Å². The zero-order valence-electron chi connectivity index (χ0n) is 12.9. The molecule has 19 heavy (non-hydrogen) atoms. The third kappa shape index (κ3) is 7.17. The van der Waals surface area contributed by atoms with E-state index >= 15 is 0 Å². The van der Waals surface area contributed by atoms with Crippen molar-refractivity contribution in [3.05, 3.63) is 0 Å². The number of hydrogen-bond acceptors (Lipinski definition) is 2. The number of amides is 1. The summed E-state index contributed by atoms with van der Waals surface area (Å²) in [4.78, 5) is 14.2. The standard InChI is InChI=1S/C15H30N2O.ClH/c1-12(2)9-13(3)10-15(18)17-7-5-14(6-8-17)11-16-4;/h12-14,16H,5-11H2,1-4H3;1H. The number of nitrogens with one attached hydrogen (secondary N) is 1. The molecule has 0 aromatic heterocycles. The molecule has 0 saturated carbocycles. The van der Waals surface area contributed by atoms with Crippen molar-refractivity contribution < 1.29 is 4.79 Å². The van der Waals surface area contributed by atoms with Crippen molar-refractivity contribution in [3.63, 3.8) is 0 Å². The van der Waals surface area contributed by atoms with Crippen molar-refractivity contribution in [2.24, 2.45) is 17.8 Å². The Bertz CT molecular complexity index is 251. The van der Waals surface area contributed by atoms with Gasteiger partial charge in [0.1, 0.15) is 0 Å². The van der Waals surface area contributed by atoms with E-state index in [-0.39, 0.29) is 12.4 Å². The Balaban J connectivity index is 0.00000324. The normalized spacial score (nSPS) is 18.3. The Labute approximate surface area is 124 Å². The van der Waals surface area contributed by atoms with Crippen LogP contribution in [0.4, 0.5) is 0 Å². The molecule has 0 aromatic rings. The van der Waals surface area contributed by atoms with E-state index in [4.69, 9.17) is 0 Å². The number of nitrogens with zero attached hydrogens (tertiary/aromatic N) is 1. The first-order valence-electron chi connectivity index (χ1n) is 7.45. The molecule has 1 rings (SSSR count). The number of carbonyl (C=O) groups excluding carboxylic acids is 1. The van der Waals surface area contributed by atoms with E-state index < -0.39 is 0 Å². The SMILES string of the molecule is CNCC1CCN(C(=O)CC(C)CC(C)C)CC1.Cl. The van der Waals surface area contributed by atoms with Crippen LogP contribution in [0.5, 0.6) is 0 Å². The molecular weight excluding hydrogens is 260 g/mol. The smallest absolute Gasteiger partial charge is 0.222 e. The van der Waals surface area contributed by atoms with Gasteiger partial charge in [-0.1, -0.05) is 20.8 Å². The third-order valence-electron chi connectivity index (χ3n) is 3.86. The molecule has 1 aliphatic heterocycles. The Morgan fingerprint density at radius 2 is 1.84 bits per heavy atom. The molecule has 0 radical (unpaired) electrons. The van der Waals surface area contributed by atoms with E-state index in [1.54, 1.807) is 0 Å². The predicted molar refractivity (Wildman–Crippen MR) is 83.7 cm³/mol. The summed E-state index contributed by atoms with van der Waals surface area (Å²) >= 11 is 0. The molecule has 4 heteroatoms. The highest BCUT2D eigenvalue weighted by atomic mass is 35.5. The summed E-state index contributed by atoms with van der Waals surface area (Å²) < 4.78 is 0. The van der Waals surface area contributed by atoms with E-state index in [9.17, 15) is 4.79 Å². The van der Waals surface area contributed by atoms with Crippen LogP contribution < -0.4 is 5.32 Å². The highest BCUT2D eigenvalue weighted by Crippen LogP contribution is 2.20. The van der Waals surface area contributed by atoms with Crippen molar-refractivity contribution in [2.45, 2.75) is 46.5 Å². The van der Waals surface area contributed by atoms with Crippen molar-refractivity contribution >= 4 is 18.3 Å². The van der Waals surface area contributed by atoms with Crippen molar-refractivity contribution in [1.82, 2.24) is 10.2 Å². The summed E-state index contributed by atoms with van der Waals surface area (Å²) in [5, 5.41) is 3.23. The number of halogens is 1. The molecule has 0 aromatic carbocycles. The van der Waals surface area contributed by atoms with E-state index in [0.717, 1.165) is 51.2 Å². The summed E-state index contributed by atoms with van der Waals surface area (Å²) in [5.41, 5.74) is 0. The Morgan fingerprint density at radius 1 is 1.26 bits per heavy atom. The first-order chi connectivity index (χ1) is 8.52. The van der Waals surface area contributed by atoms with Crippen LogP contribution in [-0.4, -0.2) is 37.5 Å². The molecule has 0 bridgehead atoms. The van der Waals surface area contributed by atoms with Crippen molar-refractivity contribution in [3.8, 4) is 0 Å². The highest BCUT2D eigenvalue weighted by Gasteiger charge is 2.23. The lowest BCUT2D eigenvalue weighted by Crippen LogP contribution is -2.40. The molecule has 1 amide bonds. The average molecular weight is 291 g/mol. The molecule has 0 aliphatic carbocycles. The van der Waals surface area contributed by atoms with Crippen LogP contribution in [0.3, 0.4) is 0 Å². The van der Waals surface area contributed by atoms with Gasteiger partial charge in [0.25, 0.3) is 0 Å². The lowest BCUT2D eigenvalue weighted by atomic mass is 9.93. The third-order valence-corrected chi connectivity index (χ3v) is 3.86. The number of piperidine rings is 1. The first-order valence-corrected chi connectivity index (χ1v) is 7.45. The zero-order valence-corrected chi connectivity index (χ0v) is 13.8. The van der Waals surface area contributed by atoms with Crippen LogP contribution in [-0.2, 0) is 4.79 Å². The van der Waals surface area contributed by atoms with Gasteiger partial charge in [0.05, 0.1) is 0 Å². The number of hydrogen-bond donors (Lipinski definition) is 1. The van der Waals surface area contributed by atoms with Gasteiger partial charge in [-0.25, -0.2) is 0 Å². The predicted octanol–water partition coefficient (Wildman–Crippen LogP) is 2.94. The Hall–Kier alpha value is -0.280. The topological polar surface area (TPSA) is 32.3 Å². The van der Waals surface area contributed by atoms with Gasteiger partial charge in [0.2, 0.25) is 5.91 Å². The molecule has 1 fully saturated rings. The highest BCUT2D eigenvalue weighted by molar-refractivity contribution is 5.85. The van der Waals surface area contributed by atoms with Crippen LogP contribution >= 0.6 is 12.4 Å². The van der Waals surface area contributed by atoms with Gasteiger partial charge < -0.3 is 10.2 Å². The molecule has 3 nitrogen and oxygen atoms in total. The maximum absolute atomic E-state index is 12.2. The quantitative estimate of drug-likeness (QED) is 0.816. The van der Waals surface area contributed by atoms with Gasteiger partial charge in [-0.2, -0.15) is 0 Å². The summed E-state index contributed by atoms with van der Waals surface area (Å²) in [6.07, 6.45) is 4.20. The van der Waals surface area contributed by atoms with Crippen LogP contribution in [0.15, 0.2) is 0 Å². The maximum atomic E-state index is 12.2. The minimum absolute atomic E-state index is 0. The fourth-order valence-corrected chi connectivity index (χ4v) is 2.99. The molecule has 0 spiro atoms. The lowest BCUT2D eigenvalue weighted by Gasteiger charge is -2.32. The van der Waals surface area contributed by atoms with E-state index in [1.165, 1.54) is 0 Å². The minimum Gasteiger partial charge on any atom is -0.343 e. The molecule has 1 saturated heterocycles. The fraction of sp³-hybridized carbons (Fsp3) is 0.933. The largest absolute Gasteiger partial charge is 0.343 e. The summed E-state index contributed by atoms with van der Waals surface area (Å²) in [6, 6.07) is 0. The molecule has 1 N–H and O–H groups in total. The average Bonchev–Trinajstić information content (AvgIpc) is 2.29. The van der Waals surface area contributed by atoms with Crippen LogP contribution in [0, 0.1) is 17.8 Å². The van der Waals surface area contributed by atoms with Gasteiger partial charge in [0.15, 0.2) is 0 Å². The molecule has 1 aliphatic rings. The number of rotatable bonds is 6. The van der Waals surface area contributed by atoms with Gasteiger partial charge in [-0.3, -0.25) is 4.79 Å². The summed E-state index contributed by atoms with van der Waals surface area (Å²) in [6.45, 7) is 9.66. The van der Waals surface area contributed by atoms with E-state index in [2.05, 4.69) is 31.0 Å². The molecule has 1 heterocycles. The monoisotopic (exact) mass is 290 g/mol. The fourth-order valence-electron chi connectivity index (χ4n) is 2.99. The van der Waals surface area contributed by atoms with Gasteiger partial charge in [-0.15, -0.1) is 12.4 Å². The van der Waals surface area contributed by atoms with Gasteiger partial charge in [0, 0.05) is 19.5 Å². The summed E-state index contributed by atoms with van der Waals surface area (Å²) in [7, 11) is 2.01. The summed E-state index contributed by atoms with van der Waals surface area (Å²) in [5.74, 6) is 2.33. The van der Waals surface area contributed by atoms with Gasteiger partial charge in [-0.05, 0) is 50.6 Å². The molecule has 114 valence electrons. The van der Waals surface area contributed by atoms with E-state index in [0.29, 0.717) is 17.7 Å². The lowest BCUT2D eigenvalue weighted by molar-refractivity contribution is -0.133. The Kier molecular flexibility index (Phi) is 9.46. The van der Waals surface area contributed by atoms with Crippen LogP contribution in [0.1, 0.15) is 46.5 Å². The zero-order chi connectivity index (χ0) is 13.5. The molecular formula is C15H31ClN2O. The van der Waals surface area contributed by atoms with Crippen LogP contribution in [0.25, 0.3) is 0 Å². The van der Waals surface area contributed by atoms with Crippen LogP contribution in [0.2, 0.25) is 0 Å². The maximum Gasteiger partial charge on any atom is 0.222 e. The molecule has 1 unspecified atom stereocenters. The Morgan fingerprint density at radius 3 is 2.32 bits per heavy atom.